The van der Waals surface area contributed by atoms with E-state index in [2.05, 4.69) is 4.90 Å². The van der Waals surface area contributed by atoms with E-state index in [4.69, 9.17) is 10.5 Å². The first-order chi connectivity index (χ1) is 10.0. The van der Waals surface area contributed by atoms with Crippen LogP contribution < -0.4 is 10.5 Å². The Kier molecular flexibility index (Phi) is 5.14. The first-order valence-electron chi connectivity index (χ1n) is 7.30. The summed E-state index contributed by atoms with van der Waals surface area (Å²) in [5.74, 6) is 1.19. The van der Waals surface area contributed by atoms with Crippen molar-refractivity contribution < 1.29 is 9.66 Å². The number of rotatable bonds is 5. The van der Waals surface area contributed by atoms with Gasteiger partial charge in [0.15, 0.2) is 0 Å². The molecule has 1 aromatic carbocycles. The zero-order valence-corrected chi connectivity index (χ0v) is 12.6. The third kappa shape index (κ3) is 3.92. The molecule has 0 saturated carbocycles. The molecule has 116 valence electrons. The van der Waals surface area contributed by atoms with E-state index in [1.165, 1.54) is 6.07 Å². The summed E-state index contributed by atoms with van der Waals surface area (Å²) in [6.07, 6.45) is 2.27. The van der Waals surface area contributed by atoms with Crippen molar-refractivity contribution in [3.8, 4) is 5.75 Å². The summed E-state index contributed by atoms with van der Waals surface area (Å²) >= 11 is 0. The summed E-state index contributed by atoms with van der Waals surface area (Å²) in [5, 5.41) is 10.9. The smallest absolute Gasteiger partial charge is 0.270 e. The molecule has 1 aliphatic heterocycles. The Bertz CT molecular complexity index is 505. The van der Waals surface area contributed by atoms with Crippen molar-refractivity contribution in [2.75, 3.05) is 20.2 Å². The molecule has 21 heavy (non-hydrogen) atoms. The van der Waals surface area contributed by atoms with Crippen molar-refractivity contribution in [1.29, 1.82) is 0 Å². The number of nitrogens with two attached hydrogens (primary N) is 1. The van der Waals surface area contributed by atoms with Gasteiger partial charge < -0.3 is 10.5 Å². The molecule has 2 rings (SSSR count). The highest BCUT2D eigenvalue weighted by Crippen LogP contribution is 2.27. The van der Waals surface area contributed by atoms with Crippen molar-refractivity contribution >= 4 is 5.69 Å². The maximum absolute atomic E-state index is 10.9. The van der Waals surface area contributed by atoms with Gasteiger partial charge in [-0.05, 0) is 38.3 Å². The van der Waals surface area contributed by atoms with Gasteiger partial charge in [0.25, 0.3) is 5.69 Å². The molecule has 6 nitrogen and oxygen atoms in total. The Hall–Kier alpha value is -1.66. The second kappa shape index (κ2) is 6.87. The van der Waals surface area contributed by atoms with Crippen LogP contribution in [0.15, 0.2) is 18.2 Å². The SMILES string of the molecule is COc1ccc([N+](=O)[O-])cc1CN1CCCC(C(C)N)C1. The molecular weight excluding hydrogens is 270 g/mol. The number of nitro groups is 1. The number of non-ortho nitro benzene ring substituents is 1. The molecule has 6 heteroatoms. The van der Waals surface area contributed by atoms with Crippen LogP contribution in [0.5, 0.6) is 5.75 Å². The quantitative estimate of drug-likeness (QED) is 0.664. The van der Waals surface area contributed by atoms with E-state index in [1.807, 2.05) is 6.92 Å². The van der Waals surface area contributed by atoms with Gasteiger partial charge in [-0.1, -0.05) is 0 Å². The summed E-state index contributed by atoms with van der Waals surface area (Å²) in [7, 11) is 1.59. The van der Waals surface area contributed by atoms with Crippen LogP contribution >= 0.6 is 0 Å². The van der Waals surface area contributed by atoms with Crippen LogP contribution in [0.1, 0.15) is 25.3 Å². The molecule has 2 unspecified atom stereocenters. The van der Waals surface area contributed by atoms with Gasteiger partial charge in [0.2, 0.25) is 0 Å². The monoisotopic (exact) mass is 293 g/mol. The van der Waals surface area contributed by atoms with Crippen molar-refractivity contribution in [1.82, 2.24) is 4.90 Å². The number of hydrogen-bond donors (Lipinski definition) is 1. The second-order valence-electron chi connectivity index (χ2n) is 5.75. The molecule has 1 aliphatic rings. The van der Waals surface area contributed by atoms with Gasteiger partial charge in [0, 0.05) is 36.8 Å². The van der Waals surface area contributed by atoms with Gasteiger partial charge in [-0.2, -0.15) is 0 Å². The molecule has 0 spiro atoms. The molecule has 1 heterocycles. The Labute approximate surface area is 125 Å². The van der Waals surface area contributed by atoms with Gasteiger partial charge in [0.05, 0.1) is 12.0 Å². The van der Waals surface area contributed by atoms with Crippen molar-refractivity contribution in [2.45, 2.75) is 32.4 Å². The lowest BCUT2D eigenvalue weighted by molar-refractivity contribution is -0.385. The van der Waals surface area contributed by atoms with E-state index >= 15 is 0 Å². The van der Waals surface area contributed by atoms with Crippen LogP contribution in [0, 0.1) is 16.0 Å². The number of methoxy groups -OCH3 is 1. The Morgan fingerprint density at radius 1 is 1.57 bits per heavy atom. The van der Waals surface area contributed by atoms with Gasteiger partial charge >= 0.3 is 0 Å². The van der Waals surface area contributed by atoms with Crippen LogP contribution in [0.2, 0.25) is 0 Å². The van der Waals surface area contributed by atoms with Crippen LogP contribution in [0.3, 0.4) is 0 Å². The van der Waals surface area contributed by atoms with Crippen LogP contribution in [-0.2, 0) is 6.54 Å². The van der Waals surface area contributed by atoms with Crippen molar-refractivity contribution in [3.63, 3.8) is 0 Å². The zero-order valence-electron chi connectivity index (χ0n) is 12.6. The minimum atomic E-state index is -0.371. The summed E-state index contributed by atoms with van der Waals surface area (Å²) < 4.78 is 5.32. The number of piperidine rings is 1. The van der Waals surface area contributed by atoms with E-state index in [-0.39, 0.29) is 16.7 Å². The van der Waals surface area contributed by atoms with E-state index in [9.17, 15) is 10.1 Å². The average Bonchev–Trinajstić information content (AvgIpc) is 2.47. The Balaban J connectivity index is 2.14. The van der Waals surface area contributed by atoms with Crippen LogP contribution in [0.25, 0.3) is 0 Å². The number of benzene rings is 1. The molecule has 0 radical (unpaired) electrons. The van der Waals surface area contributed by atoms with Crippen molar-refractivity contribution in [3.05, 3.63) is 33.9 Å². The average molecular weight is 293 g/mol. The summed E-state index contributed by atoms with van der Waals surface area (Å²) in [5.41, 5.74) is 6.96. The van der Waals surface area contributed by atoms with Crippen LogP contribution in [0.4, 0.5) is 5.69 Å². The Morgan fingerprint density at radius 2 is 2.33 bits per heavy atom. The second-order valence-corrected chi connectivity index (χ2v) is 5.75. The number of ether oxygens (including phenoxy) is 1. The first-order valence-corrected chi connectivity index (χ1v) is 7.30. The maximum atomic E-state index is 10.9. The molecule has 2 N–H and O–H groups in total. The molecule has 1 saturated heterocycles. The standard InChI is InChI=1S/C15H23N3O3/c1-11(16)12-4-3-7-17(9-12)10-13-8-14(18(19)20)5-6-15(13)21-2/h5-6,8,11-12H,3-4,7,9-10,16H2,1-2H3. The fourth-order valence-corrected chi connectivity index (χ4v) is 2.91. The molecule has 0 bridgehead atoms. The van der Waals surface area contributed by atoms with Gasteiger partial charge in [0.1, 0.15) is 5.75 Å². The van der Waals surface area contributed by atoms with E-state index in [0.717, 1.165) is 31.5 Å². The van der Waals surface area contributed by atoms with Gasteiger partial charge in [-0.15, -0.1) is 0 Å². The minimum Gasteiger partial charge on any atom is -0.496 e. The van der Waals surface area contributed by atoms with E-state index in [1.54, 1.807) is 19.2 Å². The highest BCUT2D eigenvalue weighted by molar-refractivity contribution is 5.43. The van der Waals surface area contributed by atoms with Gasteiger partial charge in [-0.3, -0.25) is 15.0 Å². The summed E-state index contributed by atoms with van der Waals surface area (Å²) in [6, 6.07) is 4.93. The first kappa shape index (κ1) is 15.7. The predicted octanol–water partition coefficient (Wildman–Crippen LogP) is 2.16. The van der Waals surface area contributed by atoms with E-state index < -0.39 is 0 Å². The largest absolute Gasteiger partial charge is 0.496 e. The van der Waals surface area contributed by atoms with Gasteiger partial charge in [-0.25, -0.2) is 0 Å². The molecular formula is C15H23N3O3. The lowest BCUT2D eigenvalue weighted by atomic mass is 9.92. The molecule has 0 amide bonds. The third-order valence-corrected chi connectivity index (χ3v) is 4.15. The fourth-order valence-electron chi connectivity index (χ4n) is 2.91. The zero-order chi connectivity index (χ0) is 15.4. The molecule has 0 aliphatic carbocycles. The fraction of sp³-hybridized carbons (Fsp3) is 0.600. The van der Waals surface area contributed by atoms with Crippen molar-refractivity contribution in [2.24, 2.45) is 11.7 Å². The molecule has 1 aromatic rings. The minimum absolute atomic E-state index is 0.103. The van der Waals surface area contributed by atoms with E-state index in [0.29, 0.717) is 18.2 Å². The predicted molar refractivity (Wildman–Crippen MR) is 81.3 cm³/mol. The summed E-state index contributed by atoms with van der Waals surface area (Å²) in [6.45, 7) is 4.63. The highest BCUT2D eigenvalue weighted by atomic mass is 16.6. The molecule has 2 atom stereocenters. The highest BCUT2D eigenvalue weighted by Gasteiger charge is 2.24. The Morgan fingerprint density at radius 3 is 2.95 bits per heavy atom. The number of nitrogens with zero attached hydrogens (tertiary/aromatic N) is 2. The number of likely N-dealkylation sites (tertiary alicyclic amines) is 1. The molecule has 1 fully saturated rings. The van der Waals surface area contributed by atoms with Crippen LogP contribution in [-0.4, -0.2) is 36.1 Å². The summed E-state index contributed by atoms with van der Waals surface area (Å²) in [4.78, 5) is 12.9. The molecule has 0 aromatic heterocycles. The number of hydrogen-bond acceptors (Lipinski definition) is 5. The topological polar surface area (TPSA) is 81.6 Å². The third-order valence-electron chi connectivity index (χ3n) is 4.15. The number of nitro benzene ring substituents is 1. The lowest BCUT2D eigenvalue weighted by Crippen LogP contribution is -2.41. The lowest BCUT2D eigenvalue weighted by Gasteiger charge is -2.34. The normalized spacial score (nSPS) is 21.0. The maximum Gasteiger partial charge on any atom is 0.270 e.